The van der Waals surface area contributed by atoms with Crippen LogP contribution in [0.15, 0.2) is 23.2 Å². The molecule has 2 N–H and O–H groups in total. The lowest BCUT2D eigenvalue weighted by Crippen LogP contribution is -2.39. The van der Waals surface area contributed by atoms with Crippen molar-refractivity contribution in [3.05, 3.63) is 41.5 Å². The lowest BCUT2D eigenvalue weighted by molar-refractivity contribution is 0.304. The van der Waals surface area contributed by atoms with E-state index >= 15 is 0 Å². The molecule has 2 aromatic rings. The first kappa shape index (κ1) is 22.1. The van der Waals surface area contributed by atoms with Crippen LogP contribution in [0.2, 0.25) is 0 Å². The van der Waals surface area contributed by atoms with Gasteiger partial charge in [-0.2, -0.15) is 0 Å². The summed E-state index contributed by atoms with van der Waals surface area (Å²) < 4.78 is 33.5. The molecule has 1 aromatic carbocycles. The van der Waals surface area contributed by atoms with Crippen molar-refractivity contribution >= 4 is 29.9 Å². The minimum Gasteiger partial charge on any atom is -0.489 e. The molecule has 0 fully saturated rings. The van der Waals surface area contributed by atoms with Gasteiger partial charge in [0.1, 0.15) is 24.8 Å². The van der Waals surface area contributed by atoms with Gasteiger partial charge in [0.25, 0.3) is 0 Å². The third-order valence-corrected chi connectivity index (χ3v) is 3.45. The Morgan fingerprint density at radius 3 is 2.65 bits per heavy atom. The summed E-state index contributed by atoms with van der Waals surface area (Å²) in [4.78, 5) is 4.42. The summed E-state index contributed by atoms with van der Waals surface area (Å²) in [7, 11) is 1.88. The Morgan fingerprint density at radius 1 is 1.27 bits per heavy atom. The highest BCUT2D eigenvalue weighted by Crippen LogP contribution is 2.17. The molecule has 0 unspecified atom stereocenters. The Hall–Kier alpha value is -1.98. The highest BCUT2D eigenvalue weighted by molar-refractivity contribution is 14.0. The first-order valence-corrected chi connectivity index (χ1v) is 7.96. The molecular formula is C16H23F2IN6O. The number of hydrogen-bond acceptors (Lipinski definition) is 4. The van der Waals surface area contributed by atoms with Crippen molar-refractivity contribution in [2.45, 2.75) is 20.4 Å². The first-order valence-electron chi connectivity index (χ1n) is 7.96. The Morgan fingerprint density at radius 2 is 2.04 bits per heavy atom. The van der Waals surface area contributed by atoms with Gasteiger partial charge in [-0.3, -0.25) is 0 Å². The van der Waals surface area contributed by atoms with E-state index in [4.69, 9.17) is 4.74 Å². The fraction of sp³-hybridized carbons (Fsp3) is 0.438. The van der Waals surface area contributed by atoms with E-state index in [0.29, 0.717) is 25.6 Å². The quantitative estimate of drug-likeness (QED) is 0.275. The molecule has 26 heavy (non-hydrogen) atoms. The molecular weight excluding hydrogens is 457 g/mol. The number of halogens is 3. The van der Waals surface area contributed by atoms with E-state index in [0.717, 1.165) is 23.8 Å². The van der Waals surface area contributed by atoms with Gasteiger partial charge in [0, 0.05) is 19.7 Å². The number of rotatable bonds is 7. The van der Waals surface area contributed by atoms with Crippen LogP contribution in [-0.4, -0.2) is 40.4 Å². The average Bonchev–Trinajstić information content (AvgIpc) is 2.90. The zero-order valence-electron chi connectivity index (χ0n) is 14.9. The average molecular weight is 480 g/mol. The van der Waals surface area contributed by atoms with Gasteiger partial charge in [0.05, 0.1) is 6.54 Å². The number of aromatic nitrogens is 3. The second kappa shape index (κ2) is 10.9. The maximum Gasteiger partial charge on any atom is 0.191 e. The van der Waals surface area contributed by atoms with E-state index in [9.17, 15) is 8.78 Å². The third-order valence-electron chi connectivity index (χ3n) is 3.45. The van der Waals surface area contributed by atoms with Crippen molar-refractivity contribution in [2.24, 2.45) is 12.0 Å². The SMILES string of the molecule is CCNC(=NCc1nnc(C)n1C)NCCOc1ccc(F)cc1F.I. The highest BCUT2D eigenvalue weighted by Gasteiger charge is 2.06. The maximum absolute atomic E-state index is 13.5. The summed E-state index contributed by atoms with van der Waals surface area (Å²) >= 11 is 0. The Kier molecular flexibility index (Phi) is 9.24. The summed E-state index contributed by atoms with van der Waals surface area (Å²) in [6, 6.07) is 3.21. The lowest BCUT2D eigenvalue weighted by Gasteiger charge is -2.12. The van der Waals surface area contributed by atoms with Gasteiger partial charge in [0.2, 0.25) is 0 Å². The zero-order valence-corrected chi connectivity index (χ0v) is 17.3. The molecule has 144 valence electrons. The van der Waals surface area contributed by atoms with Crippen molar-refractivity contribution in [1.82, 2.24) is 25.4 Å². The van der Waals surface area contributed by atoms with Crippen LogP contribution in [0, 0.1) is 18.6 Å². The number of aryl methyl sites for hydroxylation is 1. The minimum atomic E-state index is -0.724. The Balaban J connectivity index is 0.00000338. The summed E-state index contributed by atoms with van der Waals surface area (Å²) in [5, 5.41) is 14.2. The number of hydrogen-bond donors (Lipinski definition) is 2. The van der Waals surface area contributed by atoms with Crippen LogP contribution in [0.1, 0.15) is 18.6 Å². The lowest BCUT2D eigenvalue weighted by atomic mass is 10.3. The van der Waals surface area contributed by atoms with Gasteiger partial charge in [-0.1, -0.05) is 0 Å². The fourth-order valence-electron chi connectivity index (χ4n) is 2.00. The van der Waals surface area contributed by atoms with Crippen molar-refractivity contribution in [3.63, 3.8) is 0 Å². The van der Waals surface area contributed by atoms with Gasteiger partial charge < -0.3 is 19.9 Å². The fourth-order valence-corrected chi connectivity index (χ4v) is 2.00. The molecule has 1 aromatic heterocycles. The van der Waals surface area contributed by atoms with Gasteiger partial charge in [-0.15, -0.1) is 34.2 Å². The maximum atomic E-state index is 13.5. The van der Waals surface area contributed by atoms with Crippen molar-refractivity contribution < 1.29 is 13.5 Å². The molecule has 0 amide bonds. The van der Waals surface area contributed by atoms with Crippen molar-refractivity contribution in [3.8, 4) is 5.75 Å². The Bertz CT molecular complexity index is 738. The van der Waals surface area contributed by atoms with Crippen LogP contribution in [0.25, 0.3) is 0 Å². The molecule has 10 heteroatoms. The number of nitrogens with zero attached hydrogens (tertiary/aromatic N) is 4. The van der Waals surface area contributed by atoms with Gasteiger partial charge >= 0.3 is 0 Å². The van der Waals surface area contributed by atoms with Crippen molar-refractivity contribution in [2.75, 3.05) is 19.7 Å². The van der Waals surface area contributed by atoms with Gasteiger partial charge in [0.15, 0.2) is 23.4 Å². The number of ether oxygens (including phenoxy) is 1. The van der Waals surface area contributed by atoms with Crippen LogP contribution in [0.5, 0.6) is 5.75 Å². The molecule has 0 spiro atoms. The van der Waals surface area contributed by atoms with E-state index in [1.807, 2.05) is 25.5 Å². The van der Waals surface area contributed by atoms with Crippen LogP contribution in [0.3, 0.4) is 0 Å². The molecule has 7 nitrogen and oxygen atoms in total. The van der Waals surface area contributed by atoms with Crippen LogP contribution >= 0.6 is 24.0 Å². The number of nitrogens with one attached hydrogen (secondary N) is 2. The van der Waals surface area contributed by atoms with Crippen LogP contribution in [0.4, 0.5) is 8.78 Å². The molecule has 0 radical (unpaired) electrons. The van der Waals surface area contributed by atoms with E-state index in [1.165, 1.54) is 6.07 Å². The molecule has 0 aliphatic carbocycles. The monoisotopic (exact) mass is 480 g/mol. The standard InChI is InChI=1S/C16H22F2N6O.HI/c1-4-19-16(21-10-15-23-22-11(2)24(15)3)20-7-8-25-14-6-5-12(17)9-13(14)18;/h5-6,9H,4,7-8,10H2,1-3H3,(H2,19,20,21);1H. The molecule has 0 saturated heterocycles. The first-order chi connectivity index (χ1) is 12.0. The summed E-state index contributed by atoms with van der Waals surface area (Å²) in [5.74, 6) is 0.810. The topological polar surface area (TPSA) is 76.4 Å². The third kappa shape index (κ3) is 6.39. The van der Waals surface area contributed by atoms with Crippen molar-refractivity contribution in [1.29, 1.82) is 0 Å². The molecule has 0 aliphatic rings. The smallest absolute Gasteiger partial charge is 0.191 e. The van der Waals surface area contributed by atoms with Gasteiger partial charge in [-0.05, 0) is 26.0 Å². The normalized spacial score (nSPS) is 11.0. The summed E-state index contributed by atoms with van der Waals surface area (Å²) in [6.07, 6.45) is 0. The predicted molar refractivity (Wildman–Crippen MR) is 106 cm³/mol. The van der Waals surface area contributed by atoms with E-state index < -0.39 is 11.6 Å². The molecule has 0 atom stereocenters. The molecule has 1 heterocycles. The largest absolute Gasteiger partial charge is 0.489 e. The van der Waals surface area contributed by atoms with Crippen LogP contribution < -0.4 is 15.4 Å². The number of guanidine groups is 1. The number of benzene rings is 1. The molecule has 2 rings (SSSR count). The van der Waals surface area contributed by atoms with E-state index in [2.05, 4.69) is 25.8 Å². The zero-order chi connectivity index (χ0) is 18.2. The second-order valence-corrected chi connectivity index (χ2v) is 5.27. The summed E-state index contributed by atoms with van der Waals surface area (Å²) in [6.45, 7) is 5.50. The van der Waals surface area contributed by atoms with E-state index in [1.54, 1.807) is 0 Å². The molecule has 0 bridgehead atoms. The Labute approximate surface area is 168 Å². The molecule has 0 saturated carbocycles. The van der Waals surface area contributed by atoms with E-state index in [-0.39, 0.29) is 36.3 Å². The summed E-state index contributed by atoms with van der Waals surface area (Å²) in [5.41, 5.74) is 0. The number of aliphatic imine (C=N–C) groups is 1. The second-order valence-electron chi connectivity index (χ2n) is 5.27. The van der Waals surface area contributed by atoms with Gasteiger partial charge in [-0.25, -0.2) is 13.8 Å². The van der Waals surface area contributed by atoms with Crippen LogP contribution in [-0.2, 0) is 13.6 Å². The predicted octanol–water partition coefficient (Wildman–Crippen LogP) is 2.15. The molecule has 0 aliphatic heterocycles. The highest BCUT2D eigenvalue weighted by atomic mass is 127. The minimum absolute atomic E-state index is 0.